The second kappa shape index (κ2) is 5.34. The van der Waals surface area contributed by atoms with Crippen LogP contribution < -0.4 is 4.90 Å². The van der Waals surface area contributed by atoms with Gasteiger partial charge in [0.2, 0.25) is 0 Å². The Hall–Kier alpha value is -1.13. The first kappa shape index (κ1) is 13.8. The van der Waals surface area contributed by atoms with Crippen molar-refractivity contribution in [1.29, 1.82) is 0 Å². The molecule has 20 heavy (non-hydrogen) atoms. The molecule has 4 heteroatoms. The van der Waals surface area contributed by atoms with Gasteiger partial charge in [-0.2, -0.15) is 0 Å². The zero-order chi connectivity index (χ0) is 14.2. The van der Waals surface area contributed by atoms with Gasteiger partial charge in [0.1, 0.15) is 5.82 Å². The van der Waals surface area contributed by atoms with E-state index in [1.54, 1.807) is 6.20 Å². The highest BCUT2D eigenvalue weighted by Crippen LogP contribution is 2.45. The lowest BCUT2D eigenvalue weighted by atomic mass is 9.69. The van der Waals surface area contributed by atoms with Gasteiger partial charge in [0.25, 0.3) is 0 Å². The van der Waals surface area contributed by atoms with Gasteiger partial charge in [0, 0.05) is 25.2 Å². The van der Waals surface area contributed by atoms with Crippen LogP contribution in [-0.2, 0) is 6.61 Å². The molecule has 0 unspecified atom stereocenters. The number of aliphatic hydroxyl groups excluding tert-OH is 1. The number of aromatic nitrogens is 1. The molecule has 0 radical (unpaired) electrons. The Labute approximate surface area is 120 Å². The molecule has 0 bridgehead atoms. The first-order valence-electron chi connectivity index (χ1n) is 7.69. The van der Waals surface area contributed by atoms with Crippen molar-refractivity contribution in [1.82, 2.24) is 4.98 Å². The van der Waals surface area contributed by atoms with Crippen LogP contribution in [0, 0.1) is 11.8 Å². The molecule has 1 aromatic rings. The Morgan fingerprint density at radius 2 is 2.30 bits per heavy atom. The second-order valence-corrected chi connectivity index (χ2v) is 6.30. The highest BCUT2D eigenvalue weighted by atomic mass is 16.3. The summed E-state index contributed by atoms with van der Waals surface area (Å²) in [6.45, 7) is 4.01. The molecule has 3 atom stereocenters. The molecule has 3 rings (SSSR count). The molecule has 2 aliphatic rings. The van der Waals surface area contributed by atoms with Gasteiger partial charge in [-0.25, -0.2) is 4.98 Å². The molecule has 0 aromatic carbocycles. The van der Waals surface area contributed by atoms with E-state index >= 15 is 0 Å². The highest BCUT2D eigenvalue weighted by molar-refractivity contribution is 5.42. The van der Waals surface area contributed by atoms with Crippen LogP contribution in [-0.4, -0.2) is 33.9 Å². The van der Waals surface area contributed by atoms with Gasteiger partial charge in [-0.1, -0.05) is 13.3 Å². The van der Waals surface area contributed by atoms with Gasteiger partial charge in [0.05, 0.1) is 12.2 Å². The van der Waals surface area contributed by atoms with Gasteiger partial charge < -0.3 is 15.1 Å². The third-order valence-corrected chi connectivity index (χ3v) is 5.24. The summed E-state index contributed by atoms with van der Waals surface area (Å²) in [5, 5.41) is 20.1. The molecule has 1 saturated heterocycles. The largest absolute Gasteiger partial charge is 0.392 e. The van der Waals surface area contributed by atoms with Gasteiger partial charge in [-0.05, 0) is 42.9 Å². The van der Waals surface area contributed by atoms with Crippen LogP contribution in [0.15, 0.2) is 18.3 Å². The Balaban J connectivity index is 1.81. The van der Waals surface area contributed by atoms with Crippen LogP contribution in [0.5, 0.6) is 0 Å². The van der Waals surface area contributed by atoms with Crippen LogP contribution >= 0.6 is 0 Å². The van der Waals surface area contributed by atoms with Crippen molar-refractivity contribution in [3.05, 3.63) is 23.9 Å². The Bertz CT molecular complexity index is 479. The number of pyridine rings is 1. The molecule has 0 spiro atoms. The van der Waals surface area contributed by atoms with E-state index in [0.29, 0.717) is 11.8 Å². The van der Waals surface area contributed by atoms with Crippen molar-refractivity contribution in [2.75, 3.05) is 18.0 Å². The van der Waals surface area contributed by atoms with Gasteiger partial charge >= 0.3 is 0 Å². The second-order valence-electron chi connectivity index (χ2n) is 6.30. The van der Waals surface area contributed by atoms with E-state index in [0.717, 1.165) is 43.7 Å². The summed E-state index contributed by atoms with van der Waals surface area (Å²) in [6.07, 6.45) is 5.87. The lowest BCUT2D eigenvalue weighted by Gasteiger charge is -2.40. The summed E-state index contributed by atoms with van der Waals surface area (Å²) < 4.78 is 0. The fourth-order valence-electron chi connectivity index (χ4n) is 3.99. The summed E-state index contributed by atoms with van der Waals surface area (Å²) in [4.78, 5) is 6.71. The van der Waals surface area contributed by atoms with Crippen molar-refractivity contribution in [3.63, 3.8) is 0 Å². The van der Waals surface area contributed by atoms with E-state index in [1.807, 2.05) is 12.1 Å². The van der Waals surface area contributed by atoms with Crippen molar-refractivity contribution in [2.24, 2.45) is 11.8 Å². The first-order chi connectivity index (χ1) is 9.66. The fourth-order valence-corrected chi connectivity index (χ4v) is 3.99. The molecule has 1 aliphatic carbocycles. The van der Waals surface area contributed by atoms with E-state index < -0.39 is 5.60 Å². The Morgan fingerprint density at radius 3 is 3.05 bits per heavy atom. The van der Waals surface area contributed by atoms with E-state index in [2.05, 4.69) is 16.8 Å². The average Bonchev–Trinajstić information content (AvgIpc) is 2.93. The molecule has 4 nitrogen and oxygen atoms in total. The normalized spacial score (nSPS) is 33.2. The van der Waals surface area contributed by atoms with Gasteiger partial charge in [0.15, 0.2) is 0 Å². The summed E-state index contributed by atoms with van der Waals surface area (Å²) in [5.74, 6) is 1.87. The number of rotatable bonds is 3. The maximum atomic E-state index is 10.8. The molecule has 1 aliphatic heterocycles. The number of anilines is 1. The fraction of sp³-hybridized carbons (Fsp3) is 0.688. The van der Waals surface area contributed by atoms with Crippen LogP contribution in [0.4, 0.5) is 5.82 Å². The van der Waals surface area contributed by atoms with Crippen LogP contribution in [0.2, 0.25) is 0 Å². The minimum atomic E-state index is -0.494. The molecule has 2 heterocycles. The van der Waals surface area contributed by atoms with Crippen molar-refractivity contribution in [3.8, 4) is 0 Å². The quantitative estimate of drug-likeness (QED) is 0.886. The third-order valence-electron chi connectivity index (χ3n) is 5.24. The summed E-state index contributed by atoms with van der Waals surface area (Å²) in [5.41, 5.74) is 0.405. The van der Waals surface area contributed by atoms with Crippen molar-refractivity contribution >= 4 is 5.82 Å². The van der Waals surface area contributed by atoms with Crippen molar-refractivity contribution in [2.45, 2.75) is 44.8 Å². The third kappa shape index (κ3) is 2.31. The topological polar surface area (TPSA) is 56.6 Å². The van der Waals surface area contributed by atoms with E-state index in [1.165, 1.54) is 6.42 Å². The predicted octanol–water partition coefficient (Wildman–Crippen LogP) is 1.95. The molecule has 0 amide bonds. The molecule has 1 saturated carbocycles. The summed E-state index contributed by atoms with van der Waals surface area (Å²) >= 11 is 0. The molecule has 2 fully saturated rings. The first-order valence-corrected chi connectivity index (χ1v) is 7.69. The lowest BCUT2D eigenvalue weighted by Crippen LogP contribution is -2.44. The monoisotopic (exact) mass is 276 g/mol. The maximum Gasteiger partial charge on any atom is 0.128 e. The lowest BCUT2D eigenvalue weighted by molar-refractivity contribution is -0.0597. The smallest absolute Gasteiger partial charge is 0.128 e. The predicted molar refractivity (Wildman–Crippen MR) is 78.4 cm³/mol. The highest BCUT2D eigenvalue weighted by Gasteiger charge is 2.47. The summed E-state index contributed by atoms with van der Waals surface area (Å²) in [6, 6.07) is 3.80. The molecule has 110 valence electrons. The van der Waals surface area contributed by atoms with Crippen molar-refractivity contribution < 1.29 is 10.2 Å². The van der Waals surface area contributed by atoms with Crippen LogP contribution in [0.3, 0.4) is 0 Å². The number of hydrogen-bond donors (Lipinski definition) is 2. The van der Waals surface area contributed by atoms with Crippen LogP contribution in [0.25, 0.3) is 0 Å². The molecule has 1 aromatic heterocycles. The summed E-state index contributed by atoms with van der Waals surface area (Å²) in [7, 11) is 0. The maximum absolute atomic E-state index is 10.8. The Kier molecular flexibility index (Phi) is 3.69. The number of nitrogens with zero attached hydrogens (tertiary/aromatic N) is 2. The molecular weight excluding hydrogens is 252 g/mol. The van der Waals surface area contributed by atoms with Crippen LogP contribution in [0.1, 0.15) is 38.2 Å². The number of fused-ring (bicyclic) bond motifs is 1. The Morgan fingerprint density at radius 1 is 1.45 bits per heavy atom. The molecular formula is C16H24N2O2. The van der Waals surface area contributed by atoms with E-state index in [4.69, 9.17) is 0 Å². The van der Waals surface area contributed by atoms with Gasteiger partial charge in [-0.15, -0.1) is 0 Å². The minimum Gasteiger partial charge on any atom is -0.392 e. The van der Waals surface area contributed by atoms with Gasteiger partial charge in [-0.3, -0.25) is 0 Å². The minimum absolute atomic E-state index is 0.0507. The zero-order valence-electron chi connectivity index (χ0n) is 12.1. The SMILES string of the molecule is CC[C@@]1(O)CCC[C@@H]2CN(c3cc(CO)ccn3)C[C@@H]21. The molecule has 2 N–H and O–H groups in total. The zero-order valence-corrected chi connectivity index (χ0v) is 12.1. The number of hydrogen-bond acceptors (Lipinski definition) is 4. The number of aliphatic hydroxyl groups is 2. The average molecular weight is 276 g/mol. The van der Waals surface area contributed by atoms with E-state index in [-0.39, 0.29) is 6.61 Å². The standard InChI is InChI=1S/C16H24N2O2/c1-2-16(20)6-3-4-13-9-18(10-14(13)16)15-8-12(11-19)5-7-17-15/h5,7-8,13-14,19-20H,2-4,6,9-11H2,1H3/t13-,14+,16-/m1/s1. The van der Waals surface area contributed by atoms with E-state index in [9.17, 15) is 10.2 Å².